The van der Waals surface area contributed by atoms with Crippen LogP contribution in [0.15, 0.2) is 0 Å². The molecular formula is C17H29F4N. The molecule has 2 atom stereocenters. The van der Waals surface area contributed by atoms with E-state index in [2.05, 4.69) is 18.7 Å². The third kappa shape index (κ3) is 5.10. The van der Waals surface area contributed by atoms with Crippen LogP contribution in [0.5, 0.6) is 0 Å². The summed E-state index contributed by atoms with van der Waals surface area (Å²) in [6, 6.07) is 0.309. The van der Waals surface area contributed by atoms with Gasteiger partial charge in [-0.2, -0.15) is 0 Å². The third-order valence-electron chi connectivity index (χ3n) is 5.76. The number of hydrogen-bond donors (Lipinski definition) is 0. The Kier molecular flexibility index (Phi) is 5.79. The lowest BCUT2D eigenvalue weighted by Crippen LogP contribution is -2.44. The van der Waals surface area contributed by atoms with Crippen LogP contribution in [0.4, 0.5) is 17.6 Å². The Bertz CT molecular complexity index is 305. The zero-order valence-electron chi connectivity index (χ0n) is 13.8. The summed E-state index contributed by atoms with van der Waals surface area (Å²) in [4.78, 5) is 2.15. The second-order valence-corrected chi connectivity index (χ2v) is 7.49. The first-order valence-electron chi connectivity index (χ1n) is 8.68. The monoisotopic (exact) mass is 323 g/mol. The number of nitrogens with zero attached hydrogens (tertiary/aromatic N) is 1. The molecule has 0 spiro atoms. The highest BCUT2D eigenvalue weighted by Gasteiger charge is 2.37. The second kappa shape index (κ2) is 7.06. The van der Waals surface area contributed by atoms with Crippen LogP contribution in [0.25, 0.3) is 0 Å². The second-order valence-electron chi connectivity index (χ2n) is 7.49. The first-order chi connectivity index (χ1) is 10.2. The van der Waals surface area contributed by atoms with Crippen molar-refractivity contribution in [2.24, 2.45) is 11.8 Å². The van der Waals surface area contributed by atoms with Gasteiger partial charge < -0.3 is 4.90 Å². The Morgan fingerprint density at radius 1 is 0.864 bits per heavy atom. The lowest BCUT2D eigenvalue weighted by Gasteiger charge is -2.37. The number of alkyl halides is 4. The van der Waals surface area contributed by atoms with E-state index in [4.69, 9.17) is 0 Å². The number of rotatable bonds is 5. The topological polar surface area (TPSA) is 3.24 Å². The molecule has 2 unspecified atom stereocenters. The van der Waals surface area contributed by atoms with Crippen molar-refractivity contribution in [3.63, 3.8) is 0 Å². The lowest BCUT2D eigenvalue weighted by molar-refractivity contribution is -0.0638. The largest absolute Gasteiger partial charge is 0.300 e. The van der Waals surface area contributed by atoms with E-state index >= 15 is 0 Å². The molecule has 0 radical (unpaired) electrons. The molecule has 1 saturated heterocycles. The Labute approximate surface area is 131 Å². The molecule has 1 nitrogen and oxygen atoms in total. The van der Waals surface area contributed by atoms with E-state index in [1.54, 1.807) is 0 Å². The van der Waals surface area contributed by atoms with Crippen LogP contribution in [0.2, 0.25) is 0 Å². The molecule has 2 aliphatic rings. The molecule has 130 valence electrons. The van der Waals surface area contributed by atoms with Gasteiger partial charge in [0.2, 0.25) is 5.92 Å². The fraction of sp³-hybridized carbons (Fsp3) is 1.00. The summed E-state index contributed by atoms with van der Waals surface area (Å²) < 4.78 is 52.7. The average molecular weight is 323 g/mol. The molecular weight excluding hydrogens is 294 g/mol. The minimum absolute atomic E-state index is 0.0266. The zero-order chi connectivity index (χ0) is 16.4. The van der Waals surface area contributed by atoms with Gasteiger partial charge in [-0.05, 0) is 44.4 Å². The van der Waals surface area contributed by atoms with E-state index in [1.165, 1.54) is 0 Å². The van der Waals surface area contributed by atoms with Crippen molar-refractivity contribution >= 4 is 0 Å². The summed E-state index contributed by atoms with van der Waals surface area (Å²) in [5.41, 5.74) is 0. The molecule has 22 heavy (non-hydrogen) atoms. The summed E-state index contributed by atoms with van der Waals surface area (Å²) in [6.07, 6.45) is 3.20. The van der Waals surface area contributed by atoms with Crippen LogP contribution in [-0.4, -0.2) is 35.9 Å². The fourth-order valence-corrected chi connectivity index (χ4v) is 3.85. The zero-order valence-corrected chi connectivity index (χ0v) is 13.8. The van der Waals surface area contributed by atoms with Gasteiger partial charge in [0, 0.05) is 44.8 Å². The maximum absolute atomic E-state index is 13.2. The molecule has 0 aromatic carbocycles. The molecule has 1 saturated carbocycles. The highest BCUT2D eigenvalue weighted by atomic mass is 19.3. The van der Waals surface area contributed by atoms with Crippen molar-refractivity contribution < 1.29 is 17.6 Å². The lowest BCUT2D eigenvalue weighted by atomic mass is 9.77. The summed E-state index contributed by atoms with van der Waals surface area (Å²) in [6.45, 7) is 5.20. The van der Waals surface area contributed by atoms with Gasteiger partial charge in [0.15, 0.2) is 0 Å². The minimum atomic E-state index is -2.49. The van der Waals surface area contributed by atoms with Crippen LogP contribution in [-0.2, 0) is 0 Å². The van der Waals surface area contributed by atoms with Gasteiger partial charge in [0.25, 0.3) is 5.92 Å². The molecule has 0 aromatic heterocycles. The van der Waals surface area contributed by atoms with Gasteiger partial charge in [-0.25, -0.2) is 17.6 Å². The van der Waals surface area contributed by atoms with Crippen LogP contribution in [0.1, 0.15) is 65.2 Å². The van der Waals surface area contributed by atoms with Gasteiger partial charge >= 0.3 is 0 Å². The van der Waals surface area contributed by atoms with Crippen molar-refractivity contribution in [3.05, 3.63) is 0 Å². The highest BCUT2D eigenvalue weighted by molar-refractivity contribution is 4.83. The van der Waals surface area contributed by atoms with Crippen LogP contribution in [0.3, 0.4) is 0 Å². The molecule has 5 heteroatoms. The fourth-order valence-electron chi connectivity index (χ4n) is 3.85. The number of piperidine rings is 1. The van der Waals surface area contributed by atoms with Gasteiger partial charge in [0.05, 0.1) is 0 Å². The van der Waals surface area contributed by atoms with Crippen molar-refractivity contribution in [3.8, 4) is 0 Å². The maximum atomic E-state index is 13.2. The van der Waals surface area contributed by atoms with Crippen molar-refractivity contribution in [1.82, 2.24) is 4.90 Å². The summed E-state index contributed by atoms with van der Waals surface area (Å²) in [5, 5.41) is 0. The minimum Gasteiger partial charge on any atom is -0.300 e. The molecule has 2 fully saturated rings. The van der Waals surface area contributed by atoms with E-state index in [1.807, 2.05) is 0 Å². The predicted molar refractivity (Wildman–Crippen MR) is 80.5 cm³/mol. The number of hydrogen-bond acceptors (Lipinski definition) is 1. The quantitative estimate of drug-likeness (QED) is 0.617. The smallest absolute Gasteiger partial charge is 0.250 e. The number of halogens is 4. The van der Waals surface area contributed by atoms with E-state index in [9.17, 15) is 17.6 Å². The SMILES string of the molecule is CC(CCC(C)N1CCC(F)(F)CC1)C1CCC(F)(F)CC1. The van der Waals surface area contributed by atoms with Gasteiger partial charge in [-0.3, -0.25) is 0 Å². The van der Waals surface area contributed by atoms with E-state index in [-0.39, 0.29) is 25.7 Å². The van der Waals surface area contributed by atoms with Gasteiger partial charge in [-0.15, -0.1) is 0 Å². The normalized spacial score (nSPS) is 29.2. The van der Waals surface area contributed by atoms with E-state index in [0.29, 0.717) is 43.8 Å². The molecule has 1 aliphatic heterocycles. The Morgan fingerprint density at radius 3 is 1.91 bits per heavy atom. The van der Waals surface area contributed by atoms with Crippen molar-refractivity contribution in [2.45, 2.75) is 83.1 Å². The van der Waals surface area contributed by atoms with E-state index < -0.39 is 11.8 Å². The summed E-state index contributed by atoms with van der Waals surface area (Å²) >= 11 is 0. The average Bonchev–Trinajstić information content (AvgIpc) is 2.44. The van der Waals surface area contributed by atoms with Crippen molar-refractivity contribution in [1.29, 1.82) is 0 Å². The molecule has 0 aromatic rings. The maximum Gasteiger partial charge on any atom is 0.250 e. The molecule has 0 amide bonds. The molecule has 0 bridgehead atoms. The molecule has 0 N–H and O–H groups in total. The predicted octanol–water partition coefficient (Wildman–Crippen LogP) is 5.35. The first-order valence-corrected chi connectivity index (χ1v) is 8.68. The van der Waals surface area contributed by atoms with Crippen molar-refractivity contribution in [2.75, 3.05) is 13.1 Å². The van der Waals surface area contributed by atoms with Gasteiger partial charge in [0.1, 0.15) is 0 Å². The first kappa shape index (κ1) is 18.0. The molecule has 1 heterocycles. The Hall–Kier alpha value is -0.320. The van der Waals surface area contributed by atoms with Crippen LogP contribution < -0.4 is 0 Å². The van der Waals surface area contributed by atoms with Gasteiger partial charge in [-0.1, -0.05) is 6.92 Å². The summed E-state index contributed by atoms with van der Waals surface area (Å²) in [5.74, 6) is -4.10. The Morgan fingerprint density at radius 2 is 1.36 bits per heavy atom. The van der Waals surface area contributed by atoms with Crippen LogP contribution >= 0.6 is 0 Å². The Balaban J connectivity index is 1.69. The molecule has 1 aliphatic carbocycles. The molecule has 2 rings (SSSR count). The number of likely N-dealkylation sites (tertiary alicyclic amines) is 1. The third-order valence-corrected chi connectivity index (χ3v) is 5.76. The summed E-state index contributed by atoms with van der Waals surface area (Å²) in [7, 11) is 0. The highest BCUT2D eigenvalue weighted by Crippen LogP contribution is 2.40. The van der Waals surface area contributed by atoms with Crippen LogP contribution in [0, 0.1) is 11.8 Å². The van der Waals surface area contributed by atoms with E-state index in [0.717, 1.165) is 12.8 Å². The standard InChI is InChI=1S/C17H29F4N/c1-13(15-5-7-16(18,19)8-6-15)3-4-14(2)22-11-9-17(20,21)10-12-22/h13-15H,3-12H2,1-2H3.